The number of nitrogens with zero attached hydrogens (tertiary/aromatic N) is 4. The second-order valence-corrected chi connectivity index (χ2v) is 7.75. The summed E-state index contributed by atoms with van der Waals surface area (Å²) in [4.78, 5) is 21.2. The molecule has 0 bridgehead atoms. The number of piperidine rings is 1. The van der Waals surface area contributed by atoms with Gasteiger partial charge in [0.15, 0.2) is 0 Å². The highest BCUT2D eigenvalue weighted by Crippen LogP contribution is 2.22. The van der Waals surface area contributed by atoms with Gasteiger partial charge in [-0.3, -0.25) is 9.69 Å². The first kappa shape index (κ1) is 20.2. The highest BCUT2D eigenvalue weighted by atomic mass is 19.1. The lowest BCUT2D eigenvalue weighted by atomic mass is 9.95. The SMILES string of the molecule is CN(Cc1nc(-c2ccccc2)no1)C(=O)C1CCN(Cc2ccc(F)cc2)CC1. The smallest absolute Gasteiger partial charge is 0.246 e. The number of rotatable bonds is 6. The van der Waals surface area contributed by atoms with E-state index in [4.69, 9.17) is 4.52 Å². The van der Waals surface area contributed by atoms with E-state index in [1.54, 1.807) is 11.9 Å². The number of aromatic nitrogens is 2. The van der Waals surface area contributed by atoms with Gasteiger partial charge in [-0.15, -0.1) is 0 Å². The Bertz CT molecular complexity index is 966. The van der Waals surface area contributed by atoms with E-state index in [0.717, 1.165) is 43.6 Å². The molecule has 1 aliphatic heterocycles. The molecular weight excluding hydrogens is 383 g/mol. The fourth-order valence-corrected chi connectivity index (χ4v) is 3.80. The fraction of sp³-hybridized carbons (Fsp3) is 0.348. The van der Waals surface area contributed by atoms with Gasteiger partial charge in [0.05, 0.1) is 6.54 Å². The van der Waals surface area contributed by atoms with Crippen LogP contribution >= 0.6 is 0 Å². The summed E-state index contributed by atoms with van der Waals surface area (Å²) >= 11 is 0. The third-order valence-electron chi connectivity index (χ3n) is 5.50. The molecule has 0 aliphatic carbocycles. The second kappa shape index (κ2) is 9.17. The van der Waals surface area contributed by atoms with E-state index in [1.807, 2.05) is 42.5 Å². The number of carbonyl (C=O) groups is 1. The first-order chi connectivity index (χ1) is 14.6. The van der Waals surface area contributed by atoms with Gasteiger partial charge in [-0.05, 0) is 43.6 Å². The van der Waals surface area contributed by atoms with Crippen LogP contribution in [0.25, 0.3) is 11.4 Å². The van der Waals surface area contributed by atoms with Crippen molar-refractivity contribution in [1.29, 1.82) is 0 Å². The fourth-order valence-electron chi connectivity index (χ4n) is 3.80. The van der Waals surface area contributed by atoms with Crippen molar-refractivity contribution >= 4 is 5.91 Å². The molecule has 2 heterocycles. The van der Waals surface area contributed by atoms with Gasteiger partial charge >= 0.3 is 0 Å². The number of carbonyl (C=O) groups excluding carboxylic acids is 1. The summed E-state index contributed by atoms with van der Waals surface area (Å²) in [5.74, 6) is 0.842. The molecule has 156 valence electrons. The molecule has 0 N–H and O–H groups in total. The van der Waals surface area contributed by atoms with E-state index in [9.17, 15) is 9.18 Å². The average molecular weight is 408 g/mol. The number of halogens is 1. The summed E-state index contributed by atoms with van der Waals surface area (Å²) in [6.45, 7) is 2.77. The lowest BCUT2D eigenvalue weighted by molar-refractivity contribution is -0.136. The molecule has 1 aromatic heterocycles. The average Bonchev–Trinajstić information content (AvgIpc) is 3.24. The van der Waals surface area contributed by atoms with Gasteiger partial charge in [0.1, 0.15) is 5.82 Å². The predicted octanol–water partition coefficient (Wildman–Crippen LogP) is 3.75. The molecule has 0 unspecified atom stereocenters. The molecule has 0 atom stereocenters. The molecule has 2 aromatic carbocycles. The quantitative estimate of drug-likeness (QED) is 0.622. The van der Waals surface area contributed by atoms with Gasteiger partial charge in [0.2, 0.25) is 17.6 Å². The van der Waals surface area contributed by atoms with Gasteiger partial charge in [0, 0.05) is 25.1 Å². The van der Waals surface area contributed by atoms with E-state index >= 15 is 0 Å². The van der Waals surface area contributed by atoms with Gasteiger partial charge in [-0.1, -0.05) is 47.6 Å². The number of benzene rings is 2. The van der Waals surface area contributed by atoms with Crippen LogP contribution in [0.5, 0.6) is 0 Å². The summed E-state index contributed by atoms with van der Waals surface area (Å²) in [7, 11) is 1.78. The van der Waals surface area contributed by atoms with Crippen molar-refractivity contribution < 1.29 is 13.7 Å². The third-order valence-corrected chi connectivity index (χ3v) is 5.50. The lowest BCUT2D eigenvalue weighted by Gasteiger charge is -2.33. The van der Waals surface area contributed by atoms with Crippen molar-refractivity contribution in [1.82, 2.24) is 19.9 Å². The van der Waals surface area contributed by atoms with Gasteiger partial charge in [-0.2, -0.15) is 4.98 Å². The Morgan fingerprint density at radius 2 is 1.83 bits per heavy atom. The molecule has 7 heteroatoms. The standard InChI is InChI=1S/C23H25FN4O2/c1-27(16-21-25-22(26-30-21)18-5-3-2-4-6-18)23(29)19-11-13-28(14-12-19)15-17-7-9-20(24)10-8-17/h2-10,19H,11-16H2,1H3. The molecule has 30 heavy (non-hydrogen) atoms. The van der Waals surface area contributed by atoms with Crippen LogP contribution in [0.2, 0.25) is 0 Å². The van der Waals surface area contributed by atoms with E-state index in [2.05, 4.69) is 15.0 Å². The van der Waals surface area contributed by atoms with Crippen LogP contribution in [0, 0.1) is 11.7 Å². The molecule has 3 aromatic rings. The minimum absolute atomic E-state index is 0.00372. The molecule has 1 fully saturated rings. The Kier molecular flexibility index (Phi) is 6.18. The number of likely N-dealkylation sites (tertiary alicyclic amines) is 1. The zero-order chi connectivity index (χ0) is 20.9. The Balaban J connectivity index is 1.28. The maximum absolute atomic E-state index is 13.1. The zero-order valence-corrected chi connectivity index (χ0v) is 17.0. The minimum Gasteiger partial charge on any atom is -0.337 e. The van der Waals surface area contributed by atoms with Gasteiger partial charge < -0.3 is 9.42 Å². The van der Waals surface area contributed by atoms with E-state index < -0.39 is 0 Å². The van der Waals surface area contributed by atoms with Crippen molar-refractivity contribution in [3.05, 3.63) is 71.9 Å². The van der Waals surface area contributed by atoms with Gasteiger partial charge in [-0.25, -0.2) is 4.39 Å². The van der Waals surface area contributed by atoms with Crippen LogP contribution in [0.3, 0.4) is 0 Å². The molecule has 4 rings (SSSR count). The topological polar surface area (TPSA) is 62.5 Å². The molecular formula is C23H25FN4O2. The molecule has 0 radical (unpaired) electrons. The summed E-state index contributed by atoms with van der Waals surface area (Å²) in [6.07, 6.45) is 1.62. The van der Waals surface area contributed by atoms with Gasteiger partial charge in [0.25, 0.3) is 0 Å². The molecule has 1 saturated heterocycles. The van der Waals surface area contributed by atoms with Crippen LogP contribution in [0.4, 0.5) is 4.39 Å². The van der Waals surface area contributed by atoms with Crippen LogP contribution in [0.15, 0.2) is 59.1 Å². The van der Waals surface area contributed by atoms with Crippen LogP contribution in [-0.4, -0.2) is 46.0 Å². The van der Waals surface area contributed by atoms with Crippen molar-refractivity contribution in [2.75, 3.05) is 20.1 Å². The minimum atomic E-state index is -0.219. The predicted molar refractivity (Wildman–Crippen MR) is 111 cm³/mol. The Morgan fingerprint density at radius 1 is 1.13 bits per heavy atom. The van der Waals surface area contributed by atoms with Crippen molar-refractivity contribution in [2.24, 2.45) is 5.92 Å². The summed E-state index contributed by atoms with van der Waals surface area (Å²) < 4.78 is 18.4. The monoisotopic (exact) mass is 408 g/mol. The lowest BCUT2D eigenvalue weighted by Crippen LogP contribution is -2.40. The summed E-state index contributed by atoms with van der Waals surface area (Å²) in [5, 5.41) is 4.01. The van der Waals surface area contributed by atoms with Crippen LogP contribution in [-0.2, 0) is 17.9 Å². The summed E-state index contributed by atoms with van der Waals surface area (Å²) in [5.41, 5.74) is 1.97. The van der Waals surface area contributed by atoms with Crippen LogP contribution < -0.4 is 0 Å². The van der Waals surface area contributed by atoms with E-state index in [0.29, 0.717) is 18.3 Å². The molecule has 1 aliphatic rings. The maximum Gasteiger partial charge on any atom is 0.246 e. The first-order valence-electron chi connectivity index (χ1n) is 10.2. The number of amides is 1. The van der Waals surface area contributed by atoms with Crippen molar-refractivity contribution in [2.45, 2.75) is 25.9 Å². The molecule has 0 spiro atoms. The highest BCUT2D eigenvalue weighted by molar-refractivity contribution is 5.78. The first-order valence-corrected chi connectivity index (χ1v) is 10.2. The number of hydrogen-bond acceptors (Lipinski definition) is 5. The maximum atomic E-state index is 13.1. The Hall–Kier alpha value is -3.06. The van der Waals surface area contributed by atoms with Crippen molar-refractivity contribution in [3.8, 4) is 11.4 Å². The van der Waals surface area contributed by atoms with Crippen molar-refractivity contribution in [3.63, 3.8) is 0 Å². The molecule has 6 nitrogen and oxygen atoms in total. The highest BCUT2D eigenvalue weighted by Gasteiger charge is 2.28. The largest absolute Gasteiger partial charge is 0.337 e. The second-order valence-electron chi connectivity index (χ2n) is 7.75. The van der Waals surface area contributed by atoms with Crippen LogP contribution in [0.1, 0.15) is 24.3 Å². The third kappa shape index (κ3) is 4.91. The summed E-state index contributed by atoms with van der Waals surface area (Å²) in [6, 6.07) is 16.2. The zero-order valence-electron chi connectivity index (χ0n) is 17.0. The van der Waals surface area contributed by atoms with E-state index in [1.165, 1.54) is 12.1 Å². The molecule has 1 amide bonds. The molecule has 0 saturated carbocycles. The van der Waals surface area contributed by atoms with E-state index in [-0.39, 0.29) is 17.6 Å². The normalized spacial score (nSPS) is 15.3. The number of hydrogen-bond donors (Lipinski definition) is 0. The Morgan fingerprint density at radius 3 is 2.53 bits per heavy atom. The Labute approximate surface area is 175 Å².